The van der Waals surface area contributed by atoms with Crippen LogP contribution in [0.3, 0.4) is 0 Å². The average Bonchev–Trinajstić information content (AvgIpc) is 2.71. The summed E-state index contributed by atoms with van der Waals surface area (Å²) in [6.07, 6.45) is 3.99. The van der Waals surface area contributed by atoms with Gasteiger partial charge in [-0.15, -0.1) is 11.3 Å². The second-order valence-corrected chi connectivity index (χ2v) is 7.33. The Balaban J connectivity index is 2.05. The van der Waals surface area contributed by atoms with Crippen molar-refractivity contribution in [2.45, 2.75) is 39.2 Å². The summed E-state index contributed by atoms with van der Waals surface area (Å²) in [5, 5.41) is 0. The summed E-state index contributed by atoms with van der Waals surface area (Å²) in [6.45, 7) is 7.60. The van der Waals surface area contributed by atoms with Crippen LogP contribution in [0.1, 0.15) is 42.0 Å². The third kappa shape index (κ3) is 3.16. The smallest absolute Gasteiger partial charge is 0.0564 e. The normalized spacial score (nSPS) is 20.2. The average molecular weight is 331 g/mol. The van der Waals surface area contributed by atoms with E-state index in [0.717, 1.165) is 12.5 Å². The number of aryl methyl sites for hydroxylation is 1. The highest BCUT2D eigenvalue weighted by Crippen LogP contribution is 2.35. The summed E-state index contributed by atoms with van der Waals surface area (Å²) in [5.74, 6) is 0.927. The van der Waals surface area contributed by atoms with Crippen LogP contribution in [0, 0.1) is 12.8 Å². The van der Waals surface area contributed by atoms with E-state index in [-0.39, 0.29) is 0 Å². The van der Waals surface area contributed by atoms with Gasteiger partial charge in [0.1, 0.15) is 0 Å². The zero-order chi connectivity index (χ0) is 13.1. The van der Waals surface area contributed by atoms with E-state index in [1.807, 2.05) is 11.3 Å². The Morgan fingerprint density at radius 1 is 1.50 bits per heavy atom. The van der Waals surface area contributed by atoms with Crippen LogP contribution in [0.2, 0.25) is 0 Å². The van der Waals surface area contributed by atoms with E-state index in [2.05, 4.69) is 40.7 Å². The molecule has 0 amide bonds. The van der Waals surface area contributed by atoms with Crippen LogP contribution in [-0.4, -0.2) is 24.5 Å². The minimum absolute atomic E-state index is 0.415. The van der Waals surface area contributed by atoms with E-state index in [1.165, 1.54) is 46.6 Å². The van der Waals surface area contributed by atoms with Gasteiger partial charge in [-0.3, -0.25) is 4.90 Å². The summed E-state index contributed by atoms with van der Waals surface area (Å²) in [7, 11) is 0. The third-order valence-electron chi connectivity index (χ3n) is 4.10. The first kappa shape index (κ1) is 14.5. The van der Waals surface area contributed by atoms with Crippen molar-refractivity contribution in [3.05, 3.63) is 20.3 Å². The summed E-state index contributed by atoms with van der Waals surface area (Å²) in [5.41, 5.74) is 6.01. The van der Waals surface area contributed by atoms with Gasteiger partial charge in [-0.1, -0.05) is 13.3 Å². The highest BCUT2D eigenvalue weighted by atomic mass is 79.9. The van der Waals surface area contributed by atoms with Crippen molar-refractivity contribution in [2.24, 2.45) is 11.7 Å². The minimum atomic E-state index is 0.415. The number of thiophene rings is 1. The zero-order valence-corrected chi connectivity index (χ0v) is 13.7. The molecule has 1 saturated heterocycles. The van der Waals surface area contributed by atoms with Crippen molar-refractivity contribution in [2.75, 3.05) is 19.6 Å². The molecule has 4 heteroatoms. The maximum Gasteiger partial charge on any atom is 0.0564 e. The molecule has 0 bridgehead atoms. The van der Waals surface area contributed by atoms with E-state index >= 15 is 0 Å². The van der Waals surface area contributed by atoms with Crippen LogP contribution in [0.15, 0.2) is 10.5 Å². The molecule has 2 N–H and O–H groups in total. The minimum Gasteiger partial charge on any atom is -0.329 e. The predicted molar refractivity (Wildman–Crippen MR) is 83.1 cm³/mol. The van der Waals surface area contributed by atoms with Crippen molar-refractivity contribution in [3.8, 4) is 0 Å². The Labute approximate surface area is 123 Å². The SMILES string of the molecule is CCC1CCN(C(CN)c2cc(Br)c(C)s2)CC1. The number of rotatable bonds is 4. The van der Waals surface area contributed by atoms with E-state index in [9.17, 15) is 0 Å². The molecule has 0 saturated carbocycles. The monoisotopic (exact) mass is 330 g/mol. The Morgan fingerprint density at radius 2 is 2.17 bits per heavy atom. The molecule has 1 unspecified atom stereocenters. The summed E-state index contributed by atoms with van der Waals surface area (Å²) < 4.78 is 1.23. The largest absolute Gasteiger partial charge is 0.329 e. The lowest BCUT2D eigenvalue weighted by Gasteiger charge is -2.36. The van der Waals surface area contributed by atoms with Crippen molar-refractivity contribution >= 4 is 27.3 Å². The van der Waals surface area contributed by atoms with E-state index < -0.39 is 0 Å². The van der Waals surface area contributed by atoms with Gasteiger partial charge in [0.15, 0.2) is 0 Å². The van der Waals surface area contributed by atoms with Crippen LogP contribution in [0.4, 0.5) is 0 Å². The van der Waals surface area contributed by atoms with Gasteiger partial charge in [-0.05, 0) is 60.8 Å². The Bertz CT molecular complexity index is 364. The molecule has 0 aliphatic carbocycles. The predicted octanol–water partition coefficient (Wildman–Crippen LogP) is 3.94. The molecule has 1 aromatic rings. The molecule has 0 aromatic carbocycles. The van der Waals surface area contributed by atoms with Crippen LogP contribution in [-0.2, 0) is 0 Å². The van der Waals surface area contributed by atoms with E-state index in [0.29, 0.717) is 6.04 Å². The standard InChI is InChI=1S/C14H23BrN2S/c1-3-11-4-6-17(7-5-11)13(9-16)14-8-12(15)10(2)18-14/h8,11,13H,3-7,9,16H2,1-2H3. The fourth-order valence-electron chi connectivity index (χ4n) is 2.76. The first-order chi connectivity index (χ1) is 8.65. The maximum atomic E-state index is 6.01. The maximum absolute atomic E-state index is 6.01. The highest BCUT2D eigenvalue weighted by molar-refractivity contribution is 9.10. The molecule has 1 fully saturated rings. The molecule has 1 aliphatic rings. The molecule has 1 atom stereocenters. The number of piperidine rings is 1. The van der Waals surface area contributed by atoms with Gasteiger partial charge < -0.3 is 5.73 Å². The molecule has 2 nitrogen and oxygen atoms in total. The molecule has 2 rings (SSSR count). The molecule has 2 heterocycles. The van der Waals surface area contributed by atoms with Gasteiger partial charge in [-0.2, -0.15) is 0 Å². The van der Waals surface area contributed by atoms with Gasteiger partial charge in [-0.25, -0.2) is 0 Å². The molecule has 102 valence electrons. The van der Waals surface area contributed by atoms with Crippen LogP contribution in [0.25, 0.3) is 0 Å². The molecule has 1 aliphatic heterocycles. The fourth-order valence-corrected chi connectivity index (χ4v) is 4.47. The molecule has 1 aromatic heterocycles. The summed E-state index contributed by atoms with van der Waals surface area (Å²) in [6, 6.07) is 2.67. The third-order valence-corrected chi connectivity index (χ3v) is 6.33. The van der Waals surface area contributed by atoms with Crippen LogP contribution in [0.5, 0.6) is 0 Å². The van der Waals surface area contributed by atoms with Crippen molar-refractivity contribution < 1.29 is 0 Å². The lowest BCUT2D eigenvalue weighted by Crippen LogP contribution is -2.39. The van der Waals surface area contributed by atoms with Gasteiger partial charge in [0, 0.05) is 20.8 Å². The second-order valence-electron chi connectivity index (χ2n) is 5.19. The molecular weight excluding hydrogens is 308 g/mol. The second kappa shape index (κ2) is 6.51. The van der Waals surface area contributed by atoms with Crippen LogP contribution < -0.4 is 5.73 Å². The van der Waals surface area contributed by atoms with Gasteiger partial charge in [0.25, 0.3) is 0 Å². The first-order valence-electron chi connectivity index (χ1n) is 6.85. The Hall–Kier alpha value is 0.1000. The topological polar surface area (TPSA) is 29.3 Å². The Morgan fingerprint density at radius 3 is 2.61 bits per heavy atom. The zero-order valence-electron chi connectivity index (χ0n) is 11.3. The van der Waals surface area contributed by atoms with Crippen molar-refractivity contribution in [1.82, 2.24) is 4.90 Å². The first-order valence-corrected chi connectivity index (χ1v) is 8.46. The summed E-state index contributed by atoms with van der Waals surface area (Å²) in [4.78, 5) is 5.34. The van der Waals surface area contributed by atoms with Gasteiger partial charge >= 0.3 is 0 Å². The van der Waals surface area contributed by atoms with Crippen molar-refractivity contribution in [3.63, 3.8) is 0 Å². The van der Waals surface area contributed by atoms with E-state index in [1.54, 1.807) is 0 Å². The molecule has 0 spiro atoms. The molecule has 18 heavy (non-hydrogen) atoms. The lowest BCUT2D eigenvalue weighted by molar-refractivity contribution is 0.135. The summed E-state index contributed by atoms with van der Waals surface area (Å²) >= 11 is 5.49. The van der Waals surface area contributed by atoms with Gasteiger partial charge in [0.05, 0.1) is 6.04 Å². The number of likely N-dealkylation sites (tertiary alicyclic amines) is 1. The quantitative estimate of drug-likeness (QED) is 0.905. The van der Waals surface area contributed by atoms with Crippen molar-refractivity contribution in [1.29, 1.82) is 0 Å². The number of halogens is 1. The van der Waals surface area contributed by atoms with E-state index in [4.69, 9.17) is 5.73 Å². The number of nitrogens with zero attached hydrogens (tertiary/aromatic N) is 1. The number of nitrogens with two attached hydrogens (primary N) is 1. The Kier molecular flexibility index (Phi) is 5.24. The molecular formula is C14H23BrN2S. The number of hydrogen-bond acceptors (Lipinski definition) is 3. The van der Waals surface area contributed by atoms with Gasteiger partial charge in [0.2, 0.25) is 0 Å². The highest BCUT2D eigenvalue weighted by Gasteiger charge is 2.25. The lowest BCUT2D eigenvalue weighted by atomic mass is 9.93. The fraction of sp³-hybridized carbons (Fsp3) is 0.714. The van der Waals surface area contributed by atoms with Crippen LogP contribution >= 0.6 is 27.3 Å². The molecule has 0 radical (unpaired) electrons. The number of hydrogen-bond donors (Lipinski definition) is 1.